The first-order valence-electron chi connectivity index (χ1n) is 19.5. The van der Waals surface area contributed by atoms with E-state index in [-0.39, 0.29) is 50.4 Å². The van der Waals surface area contributed by atoms with Crippen LogP contribution in [0, 0.1) is 18.3 Å². The van der Waals surface area contributed by atoms with Gasteiger partial charge in [-0.05, 0) is 51.3 Å². The minimum Gasteiger partial charge on any atom is -0.508 e. The number of piperazine rings is 1. The molecule has 4 saturated heterocycles. The van der Waals surface area contributed by atoms with Crippen LogP contribution >= 0.6 is 11.8 Å². The van der Waals surface area contributed by atoms with Crippen LogP contribution in [0.3, 0.4) is 0 Å². The Labute approximate surface area is 333 Å². The van der Waals surface area contributed by atoms with E-state index in [0.717, 1.165) is 16.5 Å². The summed E-state index contributed by atoms with van der Waals surface area (Å²) in [4.78, 5) is 32.2. The maximum absolute atomic E-state index is 15.0. The zero-order chi connectivity index (χ0) is 39.9. The van der Waals surface area contributed by atoms with Crippen molar-refractivity contribution in [3.63, 3.8) is 0 Å². The van der Waals surface area contributed by atoms with Gasteiger partial charge in [0, 0.05) is 65.0 Å². The molecule has 10 atom stereocenters. The van der Waals surface area contributed by atoms with E-state index in [1.807, 2.05) is 52.1 Å². The topological polar surface area (TPSA) is 173 Å². The second-order valence-corrected chi connectivity index (χ2v) is 18.0. The SMILES string of the molecule is COC1=C(O)C2(C)C(C=C1C)CC1(O)CN(C)[C@@H]2[C@@H]2[C@@H]3SC[C@]4(N[C@H](CO)Cc5c4oc4ccccc54)C(=O)OCC(c4c5c(c(C)c(OC(C)=O)c43)OCO5)N21. The van der Waals surface area contributed by atoms with E-state index >= 15 is 4.79 Å². The molecule has 9 heterocycles. The van der Waals surface area contributed by atoms with Crippen molar-refractivity contribution in [1.29, 1.82) is 0 Å². The summed E-state index contributed by atoms with van der Waals surface area (Å²) in [5, 5.41) is 40.1. The van der Waals surface area contributed by atoms with E-state index in [9.17, 15) is 20.1 Å². The fourth-order valence-electron chi connectivity index (χ4n) is 11.6. The number of carbonyl (C=O) groups is 2. The molecule has 1 aromatic heterocycles. The van der Waals surface area contributed by atoms with Crippen LogP contribution in [0.5, 0.6) is 17.2 Å². The highest BCUT2D eigenvalue weighted by atomic mass is 32.2. The molecule has 0 amide bonds. The smallest absolute Gasteiger partial charge is 0.335 e. The minimum absolute atomic E-state index is 0.0669. The number of thioether (sulfide) groups is 1. The van der Waals surface area contributed by atoms with E-state index < -0.39 is 58.0 Å². The Hall–Kier alpha value is -4.25. The van der Waals surface area contributed by atoms with Crippen molar-refractivity contribution < 1.29 is 53.0 Å². The number of benzene rings is 2. The summed E-state index contributed by atoms with van der Waals surface area (Å²) in [6.45, 7) is 6.84. The number of aliphatic hydroxyl groups is 3. The van der Waals surface area contributed by atoms with E-state index in [1.165, 1.54) is 18.7 Å². The van der Waals surface area contributed by atoms with Gasteiger partial charge in [-0.2, -0.15) is 0 Å². The first-order valence-corrected chi connectivity index (χ1v) is 20.5. The highest BCUT2D eigenvalue weighted by Crippen LogP contribution is 2.67. The monoisotopic (exact) mass is 801 g/mol. The lowest BCUT2D eigenvalue weighted by molar-refractivity contribution is -0.216. The van der Waals surface area contributed by atoms with Crippen LogP contribution in [0.2, 0.25) is 0 Å². The van der Waals surface area contributed by atoms with Crippen molar-refractivity contribution in [3.8, 4) is 17.2 Å². The number of furan rings is 1. The van der Waals surface area contributed by atoms with Gasteiger partial charge in [-0.25, -0.2) is 4.79 Å². The van der Waals surface area contributed by atoms with Crippen LogP contribution in [0.15, 0.2) is 51.9 Å². The third-order valence-electron chi connectivity index (χ3n) is 13.8. The van der Waals surface area contributed by atoms with Gasteiger partial charge in [-0.3, -0.25) is 19.9 Å². The average Bonchev–Trinajstić information content (AvgIpc) is 3.79. The van der Waals surface area contributed by atoms with Gasteiger partial charge in [-0.1, -0.05) is 31.2 Å². The van der Waals surface area contributed by atoms with Gasteiger partial charge in [-0.15, -0.1) is 11.8 Å². The van der Waals surface area contributed by atoms with Crippen LogP contribution in [0.1, 0.15) is 66.5 Å². The van der Waals surface area contributed by atoms with Gasteiger partial charge in [0.2, 0.25) is 6.79 Å². The number of ether oxygens (including phenoxy) is 5. The van der Waals surface area contributed by atoms with Crippen molar-refractivity contribution in [2.45, 2.75) is 81.2 Å². The summed E-state index contributed by atoms with van der Waals surface area (Å²) in [7, 11) is 3.52. The largest absolute Gasteiger partial charge is 0.508 e. The third-order valence-corrected chi connectivity index (χ3v) is 15.2. The lowest BCUT2D eigenvalue weighted by Crippen LogP contribution is -2.73. The lowest BCUT2D eigenvalue weighted by atomic mass is 9.63. The highest BCUT2D eigenvalue weighted by Gasteiger charge is 2.69. The minimum atomic E-state index is -1.53. The molecule has 12 rings (SSSR count). The number of carbonyl (C=O) groups excluding carboxylic acids is 2. The zero-order valence-corrected chi connectivity index (χ0v) is 33.5. The number of rotatable bonds is 3. The van der Waals surface area contributed by atoms with Crippen molar-refractivity contribution >= 4 is 34.7 Å². The second kappa shape index (κ2) is 12.6. The van der Waals surface area contributed by atoms with Crippen LogP contribution in [-0.4, -0.2) is 107 Å². The third kappa shape index (κ3) is 4.84. The molecule has 4 N–H and O–H groups in total. The standard InChI is InChI=1S/C42H47N3O11S/c1-19-11-22-13-41(50)16-44(5)36(40(22,4)37(48)31(19)51-6)30-35-29-28(34-33(53-18-54-34)20(2)32(29)55-21(3)47)26(45(30)41)15-52-39(49)42(17-57-35)38-25(12-23(14-46)43-42)24-9-7-8-10-27(24)56-38/h7-11,22-23,26,30,35-36,43,46,48,50H,12-18H2,1-6H3/t22?,23-,26?,30-,35+,36+,40?,41?,42+/m0/s1. The van der Waals surface area contributed by atoms with E-state index in [0.29, 0.717) is 57.5 Å². The Kier molecular flexibility index (Phi) is 8.21. The highest BCUT2D eigenvalue weighted by molar-refractivity contribution is 7.99. The van der Waals surface area contributed by atoms with Gasteiger partial charge in [0.05, 0.1) is 30.4 Å². The fourth-order valence-corrected chi connectivity index (χ4v) is 13.2. The molecule has 1 aliphatic carbocycles. The number of para-hydroxylation sites is 1. The summed E-state index contributed by atoms with van der Waals surface area (Å²) in [5.41, 5.74) is 0.120. The Morgan fingerprint density at radius 3 is 2.67 bits per heavy atom. The van der Waals surface area contributed by atoms with Gasteiger partial charge in [0.15, 0.2) is 22.8 Å². The normalized spacial score (nSPS) is 36.5. The lowest BCUT2D eigenvalue weighted by Gasteiger charge is -2.62. The molecule has 3 aromatic rings. The summed E-state index contributed by atoms with van der Waals surface area (Å²) in [6.07, 6.45) is 2.79. The number of methoxy groups -OCH3 is 1. The Balaban J connectivity index is 1.25. The molecule has 1 spiro atoms. The molecule has 15 heteroatoms. The molecule has 4 fully saturated rings. The number of nitrogens with one attached hydrogen (secondary N) is 1. The van der Waals surface area contributed by atoms with Crippen molar-refractivity contribution in [2.24, 2.45) is 11.3 Å². The van der Waals surface area contributed by atoms with E-state index in [4.69, 9.17) is 28.1 Å². The first kappa shape index (κ1) is 37.0. The summed E-state index contributed by atoms with van der Waals surface area (Å²) < 4.78 is 37.4. The number of fused-ring (bicyclic) bond motifs is 8. The molecule has 9 aliphatic rings. The molecule has 0 saturated carbocycles. The van der Waals surface area contributed by atoms with Gasteiger partial charge in [0.25, 0.3) is 0 Å². The van der Waals surface area contributed by atoms with E-state index in [1.54, 1.807) is 7.11 Å². The number of nitrogens with zero attached hydrogens (tertiary/aromatic N) is 2. The molecule has 0 radical (unpaired) electrons. The van der Waals surface area contributed by atoms with Crippen LogP contribution in [0.4, 0.5) is 0 Å². The number of likely N-dealkylation sites (N-methyl/N-ethyl adjacent to an activating group) is 1. The molecule has 57 heavy (non-hydrogen) atoms. The van der Waals surface area contributed by atoms with Crippen LogP contribution < -0.4 is 19.5 Å². The number of hydrogen-bond donors (Lipinski definition) is 4. The van der Waals surface area contributed by atoms with Gasteiger partial charge < -0.3 is 43.4 Å². The number of esters is 2. The van der Waals surface area contributed by atoms with Crippen molar-refractivity contribution in [2.75, 3.05) is 46.5 Å². The zero-order valence-electron chi connectivity index (χ0n) is 32.7. The van der Waals surface area contributed by atoms with Crippen molar-refractivity contribution in [3.05, 3.63) is 75.4 Å². The Bertz CT molecular complexity index is 2320. The van der Waals surface area contributed by atoms with Crippen LogP contribution in [-0.2, 0) is 31.0 Å². The maximum Gasteiger partial charge on any atom is 0.335 e. The quantitative estimate of drug-likeness (QED) is 0.219. The molecule has 14 nitrogen and oxygen atoms in total. The van der Waals surface area contributed by atoms with Crippen molar-refractivity contribution in [1.82, 2.24) is 15.1 Å². The maximum atomic E-state index is 15.0. The predicted molar refractivity (Wildman–Crippen MR) is 207 cm³/mol. The first-order chi connectivity index (χ1) is 27.3. The molecule has 302 valence electrons. The molecule has 2 aromatic carbocycles. The van der Waals surface area contributed by atoms with Crippen LogP contribution in [0.25, 0.3) is 11.0 Å². The fraction of sp³-hybridized carbons (Fsp3) is 0.524. The summed E-state index contributed by atoms with van der Waals surface area (Å²) >= 11 is 1.46. The molecule has 8 aliphatic heterocycles. The Morgan fingerprint density at radius 1 is 1.14 bits per heavy atom. The molecule has 4 bridgehead atoms. The number of hydrogen-bond acceptors (Lipinski definition) is 15. The number of aliphatic hydroxyl groups excluding tert-OH is 2. The molecule has 5 unspecified atom stereocenters. The second-order valence-electron chi connectivity index (χ2n) is 16.9. The van der Waals surface area contributed by atoms with E-state index in [2.05, 4.69) is 21.2 Å². The number of allylic oxidation sites excluding steroid dienone is 2. The Morgan fingerprint density at radius 2 is 1.91 bits per heavy atom. The summed E-state index contributed by atoms with van der Waals surface area (Å²) in [5.74, 6) is 0.799. The predicted octanol–water partition coefficient (Wildman–Crippen LogP) is 4.26. The van der Waals surface area contributed by atoms with Gasteiger partial charge >= 0.3 is 11.9 Å². The average molecular weight is 802 g/mol. The molecular formula is C42H47N3O11S. The summed E-state index contributed by atoms with van der Waals surface area (Å²) in [6, 6.07) is 5.29. The van der Waals surface area contributed by atoms with Gasteiger partial charge in [0.1, 0.15) is 35.2 Å². The molecular weight excluding hydrogens is 755 g/mol.